The Hall–Kier alpha value is -1.60. The number of ether oxygens (including phenoxy) is 2. The third-order valence-electron chi connectivity index (χ3n) is 4.72. The van der Waals surface area contributed by atoms with Crippen molar-refractivity contribution in [3.63, 3.8) is 0 Å². The van der Waals surface area contributed by atoms with Gasteiger partial charge in [0.1, 0.15) is 11.5 Å². The second kappa shape index (κ2) is 12.0. The van der Waals surface area contributed by atoms with E-state index < -0.39 is 0 Å². The molecule has 0 amide bonds. The highest BCUT2D eigenvalue weighted by atomic mass is 32.2. The number of aliphatic imine (C=N–C) groups is 1. The van der Waals surface area contributed by atoms with Crippen LogP contribution >= 0.6 is 11.8 Å². The normalized spacial score (nSPS) is 17.8. The van der Waals surface area contributed by atoms with Crippen LogP contribution in [0.15, 0.2) is 23.2 Å². The Kier molecular flexibility index (Phi) is 9.62. The summed E-state index contributed by atoms with van der Waals surface area (Å²) in [6.45, 7) is 3.95. The fraction of sp³-hybridized carbons (Fsp3) is 0.650. The molecular weight excluding hydrogens is 360 g/mol. The van der Waals surface area contributed by atoms with E-state index in [0.717, 1.165) is 50.1 Å². The summed E-state index contributed by atoms with van der Waals surface area (Å²) in [7, 11) is 5.22. The highest BCUT2D eigenvalue weighted by Crippen LogP contribution is 2.24. The number of guanidine groups is 1. The van der Waals surface area contributed by atoms with Gasteiger partial charge in [-0.1, -0.05) is 0 Å². The van der Waals surface area contributed by atoms with E-state index >= 15 is 0 Å². The first-order valence-electron chi connectivity index (χ1n) is 9.59. The van der Waals surface area contributed by atoms with Gasteiger partial charge in [-0.25, -0.2) is 0 Å². The van der Waals surface area contributed by atoms with Crippen LogP contribution in [0, 0.1) is 0 Å². The topological polar surface area (TPSA) is 58.1 Å². The van der Waals surface area contributed by atoms with E-state index in [9.17, 15) is 0 Å². The molecule has 152 valence electrons. The van der Waals surface area contributed by atoms with Crippen molar-refractivity contribution in [2.45, 2.75) is 31.8 Å². The highest BCUT2D eigenvalue weighted by Gasteiger charge is 2.23. The van der Waals surface area contributed by atoms with Crippen molar-refractivity contribution in [1.29, 1.82) is 0 Å². The summed E-state index contributed by atoms with van der Waals surface area (Å²) in [5, 5.41) is 6.99. The maximum absolute atomic E-state index is 5.38. The fourth-order valence-electron chi connectivity index (χ4n) is 3.28. The lowest BCUT2D eigenvalue weighted by Crippen LogP contribution is -2.44. The Labute approximate surface area is 168 Å². The zero-order chi connectivity index (χ0) is 19.5. The van der Waals surface area contributed by atoms with Gasteiger partial charge in [0.05, 0.1) is 14.2 Å². The van der Waals surface area contributed by atoms with Crippen LogP contribution in [0.2, 0.25) is 0 Å². The molecule has 1 aromatic carbocycles. The minimum absolute atomic E-state index is 0.426. The number of nitrogens with one attached hydrogen (secondary N) is 2. The molecule has 0 bridgehead atoms. The van der Waals surface area contributed by atoms with E-state index in [0.29, 0.717) is 6.04 Å². The van der Waals surface area contributed by atoms with Gasteiger partial charge in [0.2, 0.25) is 0 Å². The molecule has 1 fully saturated rings. The van der Waals surface area contributed by atoms with Gasteiger partial charge in [-0.05, 0) is 49.0 Å². The number of unbranched alkanes of at least 4 members (excludes halogenated alkanes) is 1. The lowest BCUT2D eigenvalue weighted by Gasteiger charge is -2.19. The first-order chi connectivity index (χ1) is 13.2. The molecule has 7 heteroatoms. The summed E-state index contributed by atoms with van der Waals surface area (Å²) in [6.07, 6.45) is 5.69. The zero-order valence-electron chi connectivity index (χ0n) is 17.1. The average molecular weight is 395 g/mol. The van der Waals surface area contributed by atoms with Gasteiger partial charge in [-0.2, -0.15) is 11.8 Å². The van der Waals surface area contributed by atoms with E-state index in [1.54, 1.807) is 14.2 Å². The minimum Gasteiger partial charge on any atom is -0.497 e. The number of methoxy groups -OCH3 is 2. The van der Waals surface area contributed by atoms with Crippen LogP contribution in [0.4, 0.5) is 0 Å². The predicted molar refractivity (Wildman–Crippen MR) is 115 cm³/mol. The van der Waals surface area contributed by atoms with Crippen molar-refractivity contribution in [1.82, 2.24) is 15.5 Å². The Morgan fingerprint density at radius 1 is 1.22 bits per heavy atom. The van der Waals surface area contributed by atoms with Gasteiger partial charge in [0.25, 0.3) is 0 Å². The fourth-order valence-corrected chi connectivity index (χ4v) is 3.77. The molecule has 0 saturated carbocycles. The van der Waals surface area contributed by atoms with E-state index in [4.69, 9.17) is 9.47 Å². The summed E-state index contributed by atoms with van der Waals surface area (Å²) in [6, 6.07) is 6.50. The lowest BCUT2D eigenvalue weighted by molar-refractivity contribution is 0.321. The molecule has 1 unspecified atom stereocenters. The van der Waals surface area contributed by atoms with E-state index in [2.05, 4.69) is 38.9 Å². The molecule has 1 atom stereocenters. The summed E-state index contributed by atoms with van der Waals surface area (Å²) in [4.78, 5) is 6.82. The molecule has 1 heterocycles. The first kappa shape index (κ1) is 21.7. The number of nitrogens with zero attached hydrogens (tertiary/aromatic N) is 2. The number of benzene rings is 1. The third kappa shape index (κ3) is 7.50. The second-order valence-electron chi connectivity index (χ2n) is 6.78. The molecule has 27 heavy (non-hydrogen) atoms. The maximum atomic E-state index is 5.38. The average Bonchev–Trinajstić information content (AvgIpc) is 3.13. The molecule has 1 aliphatic heterocycles. The van der Waals surface area contributed by atoms with E-state index in [1.165, 1.54) is 24.2 Å². The Morgan fingerprint density at radius 2 is 1.96 bits per heavy atom. The lowest BCUT2D eigenvalue weighted by atomic mass is 10.2. The molecule has 6 nitrogen and oxygen atoms in total. The Morgan fingerprint density at radius 3 is 2.59 bits per heavy atom. The standard InChI is InChI=1S/C20H34N4O2S/c1-21-20(22-8-5-6-10-27-4)23-17-7-9-24(15-17)14-16-11-18(25-2)13-19(12-16)26-3/h11-13,17H,5-10,14-15H2,1-4H3,(H2,21,22,23). The molecule has 2 N–H and O–H groups in total. The largest absolute Gasteiger partial charge is 0.497 e. The molecule has 0 aromatic heterocycles. The number of thioether (sulfide) groups is 1. The summed E-state index contributed by atoms with van der Waals surface area (Å²) in [5.41, 5.74) is 1.21. The SMILES string of the molecule is CN=C(NCCCCSC)NC1CCN(Cc2cc(OC)cc(OC)c2)C1. The predicted octanol–water partition coefficient (Wildman–Crippen LogP) is 2.59. The quantitative estimate of drug-likeness (QED) is 0.361. The molecule has 1 saturated heterocycles. The number of hydrogen-bond acceptors (Lipinski definition) is 5. The van der Waals surface area contributed by atoms with Gasteiger partial charge >= 0.3 is 0 Å². The van der Waals surface area contributed by atoms with E-state index in [1.807, 2.05) is 24.9 Å². The monoisotopic (exact) mass is 394 g/mol. The summed E-state index contributed by atoms with van der Waals surface area (Å²) < 4.78 is 10.8. The Bertz CT molecular complexity index is 575. The van der Waals surface area contributed by atoms with Crippen LogP contribution in [0.5, 0.6) is 11.5 Å². The number of rotatable bonds is 10. The number of likely N-dealkylation sites (tertiary alicyclic amines) is 1. The van der Waals surface area contributed by atoms with Crippen molar-refractivity contribution in [3.05, 3.63) is 23.8 Å². The molecule has 0 aliphatic carbocycles. The van der Waals surface area contributed by atoms with Crippen LogP contribution in [0.25, 0.3) is 0 Å². The Balaban J connectivity index is 1.79. The summed E-state index contributed by atoms with van der Waals surface area (Å²) >= 11 is 1.90. The van der Waals surface area contributed by atoms with Gasteiger partial charge in [-0.3, -0.25) is 9.89 Å². The van der Waals surface area contributed by atoms with Crippen molar-refractivity contribution in [3.8, 4) is 11.5 Å². The van der Waals surface area contributed by atoms with Gasteiger partial charge < -0.3 is 20.1 Å². The van der Waals surface area contributed by atoms with Gasteiger partial charge in [-0.15, -0.1) is 0 Å². The molecular formula is C20H34N4O2S. The van der Waals surface area contributed by atoms with Crippen LogP contribution in [0.1, 0.15) is 24.8 Å². The van der Waals surface area contributed by atoms with Crippen molar-refractivity contribution >= 4 is 17.7 Å². The van der Waals surface area contributed by atoms with Crippen LogP contribution < -0.4 is 20.1 Å². The van der Waals surface area contributed by atoms with Gasteiger partial charge in [0, 0.05) is 45.3 Å². The van der Waals surface area contributed by atoms with Crippen LogP contribution in [-0.2, 0) is 6.54 Å². The molecule has 0 spiro atoms. The number of hydrogen-bond donors (Lipinski definition) is 2. The smallest absolute Gasteiger partial charge is 0.191 e. The van der Waals surface area contributed by atoms with Gasteiger partial charge in [0.15, 0.2) is 5.96 Å². The van der Waals surface area contributed by atoms with Crippen molar-refractivity contribution < 1.29 is 9.47 Å². The maximum Gasteiger partial charge on any atom is 0.191 e. The van der Waals surface area contributed by atoms with Crippen molar-refractivity contribution in [2.75, 3.05) is 52.9 Å². The molecule has 0 radical (unpaired) electrons. The summed E-state index contributed by atoms with van der Waals surface area (Å²) in [5.74, 6) is 3.81. The van der Waals surface area contributed by atoms with Crippen LogP contribution in [-0.4, -0.2) is 69.8 Å². The third-order valence-corrected chi connectivity index (χ3v) is 5.42. The zero-order valence-corrected chi connectivity index (χ0v) is 17.9. The molecule has 1 aromatic rings. The molecule has 1 aliphatic rings. The minimum atomic E-state index is 0.426. The molecule has 2 rings (SSSR count). The van der Waals surface area contributed by atoms with Crippen LogP contribution in [0.3, 0.4) is 0 Å². The highest BCUT2D eigenvalue weighted by molar-refractivity contribution is 7.98. The van der Waals surface area contributed by atoms with E-state index in [-0.39, 0.29) is 0 Å². The second-order valence-corrected chi connectivity index (χ2v) is 7.77. The van der Waals surface area contributed by atoms with Crippen molar-refractivity contribution in [2.24, 2.45) is 4.99 Å². The first-order valence-corrected chi connectivity index (χ1v) is 11.0.